The third kappa shape index (κ3) is 5.00. The van der Waals surface area contributed by atoms with E-state index in [4.69, 9.17) is 4.74 Å². The number of amides is 2. The largest absolute Gasteiger partial charge is 0.484 e. The van der Waals surface area contributed by atoms with Crippen molar-refractivity contribution >= 4 is 34.1 Å². The van der Waals surface area contributed by atoms with E-state index in [0.717, 1.165) is 36.0 Å². The highest BCUT2D eigenvalue weighted by Crippen LogP contribution is 2.30. The van der Waals surface area contributed by atoms with E-state index in [0.29, 0.717) is 17.4 Å². The first-order chi connectivity index (χ1) is 14.5. The standard InChI is InChI=1S/C24H27N3O3/c1-16(2)14-27-11-10-18-12-20(8-9-22(18)27)25-23(28)15-30-21-5-3-4-19(13-21)26-24(29)17-6-7-17/h3-5,8-13,16-17H,6-7,14-15H2,1-2H3,(H,25,28)(H,26,29). The Hall–Kier alpha value is -3.28. The Labute approximate surface area is 176 Å². The molecule has 0 atom stereocenters. The van der Waals surface area contributed by atoms with Gasteiger partial charge in [-0.05, 0) is 55.2 Å². The van der Waals surface area contributed by atoms with E-state index in [1.54, 1.807) is 18.2 Å². The number of anilines is 2. The monoisotopic (exact) mass is 405 g/mol. The fraction of sp³-hybridized carbons (Fsp3) is 0.333. The normalized spacial score (nSPS) is 13.4. The molecule has 156 valence electrons. The van der Waals surface area contributed by atoms with Crippen LogP contribution in [0.3, 0.4) is 0 Å². The first-order valence-electron chi connectivity index (χ1n) is 10.4. The average Bonchev–Trinajstić information content (AvgIpc) is 3.49. The van der Waals surface area contributed by atoms with Crippen molar-refractivity contribution in [3.63, 3.8) is 0 Å². The van der Waals surface area contributed by atoms with Gasteiger partial charge in [-0.3, -0.25) is 9.59 Å². The Kier molecular flexibility index (Phi) is 5.74. The quantitative estimate of drug-likeness (QED) is 0.572. The number of ether oxygens (including phenoxy) is 1. The molecule has 0 unspecified atom stereocenters. The lowest BCUT2D eigenvalue weighted by Gasteiger charge is -2.11. The second-order valence-corrected chi connectivity index (χ2v) is 8.26. The van der Waals surface area contributed by atoms with Crippen molar-refractivity contribution in [2.45, 2.75) is 33.2 Å². The molecule has 0 bridgehead atoms. The molecule has 6 heteroatoms. The van der Waals surface area contributed by atoms with Crippen molar-refractivity contribution in [1.82, 2.24) is 4.57 Å². The summed E-state index contributed by atoms with van der Waals surface area (Å²) in [5.74, 6) is 1.06. The van der Waals surface area contributed by atoms with Crippen LogP contribution in [0.5, 0.6) is 5.75 Å². The molecule has 1 aromatic heterocycles. The summed E-state index contributed by atoms with van der Waals surface area (Å²) in [5, 5.41) is 6.85. The van der Waals surface area contributed by atoms with Gasteiger partial charge >= 0.3 is 0 Å². The zero-order valence-electron chi connectivity index (χ0n) is 17.4. The number of aromatic nitrogens is 1. The van der Waals surface area contributed by atoms with Gasteiger partial charge in [-0.2, -0.15) is 0 Å². The molecule has 1 aliphatic rings. The van der Waals surface area contributed by atoms with Crippen molar-refractivity contribution in [3.05, 3.63) is 54.7 Å². The summed E-state index contributed by atoms with van der Waals surface area (Å²) in [6, 6.07) is 15.1. The highest BCUT2D eigenvalue weighted by Gasteiger charge is 2.29. The molecule has 4 rings (SSSR count). The van der Waals surface area contributed by atoms with E-state index >= 15 is 0 Å². The topological polar surface area (TPSA) is 72.4 Å². The van der Waals surface area contributed by atoms with Crippen LogP contribution >= 0.6 is 0 Å². The van der Waals surface area contributed by atoms with Gasteiger partial charge in [0, 0.05) is 47.0 Å². The van der Waals surface area contributed by atoms with Gasteiger partial charge in [-0.15, -0.1) is 0 Å². The number of rotatable bonds is 8. The Bertz CT molecular complexity index is 1070. The van der Waals surface area contributed by atoms with Crippen LogP contribution in [0.15, 0.2) is 54.7 Å². The molecule has 2 aromatic carbocycles. The molecule has 6 nitrogen and oxygen atoms in total. The second kappa shape index (κ2) is 8.61. The lowest BCUT2D eigenvalue weighted by molar-refractivity contribution is -0.118. The minimum Gasteiger partial charge on any atom is -0.484 e. The fourth-order valence-corrected chi connectivity index (χ4v) is 3.43. The molecule has 1 fully saturated rings. The van der Waals surface area contributed by atoms with Gasteiger partial charge in [0.25, 0.3) is 5.91 Å². The summed E-state index contributed by atoms with van der Waals surface area (Å²) in [6.45, 7) is 5.24. The summed E-state index contributed by atoms with van der Waals surface area (Å²) in [4.78, 5) is 24.2. The van der Waals surface area contributed by atoms with Crippen LogP contribution in [0, 0.1) is 11.8 Å². The Morgan fingerprint density at radius 1 is 1.07 bits per heavy atom. The second-order valence-electron chi connectivity index (χ2n) is 8.26. The zero-order chi connectivity index (χ0) is 21.1. The zero-order valence-corrected chi connectivity index (χ0v) is 17.4. The maximum Gasteiger partial charge on any atom is 0.262 e. The summed E-state index contributed by atoms with van der Waals surface area (Å²) in [7, 11) is 0. The minimum absolute atomic E-state index is 0.0440. The summed E-state index contributed by atoms with van der Waals surface area (Å²) < 4.78 is 7.83. The summed E-state index contributed by atoms with van der Waals surface area (Å²) in [6.07, 6.45) is 3.99. The van der Waals surface area contributed by atoms with Gasteiger partial charge in [-0.25, -0.2) is 0 Å². The van der Waals surface area contributed by atoms with Gasteiger partial charge in [0.1, 0.15) is 5.75 Å². The number of fused-ring (bicyclic) bond motifs is 1. The number of nitrogens with zero attached hydrogens (tertiary/aromatic N) is 1. The van der Waals surface area contributed by atoms with Crippen molar-refractivity contribution in [1.29, 1.82) is 0 Å². The number of carbonyl (C=O) groups is 2. The number of benzene rings is 2. The van der Waals surface area contributed by atoms with Crippen LogP contribution in [0.1, 0.15) is 26.7 Å². The van der Waals surface area contributed by atoms with Crippen LogP contribution in [0.4, 0.5) is 11.4 Å². The van der Waals surface area contributed by atoms with Gasteiger partial charge in [0.15, 0.2) is 6.61 Å². The van der Waals surface area contributed by atoms with Crippen LogP contribution < -0.4 is 15.4 Å². The highest BCUT2D eigenvalue weighted by atomic mass is 16.5. The molecule has 0 aliphatic heterocycles. The van der Waals surface area contributed by atoms with E-state index < -0.39 is 0 Å². The van der Waals surface area contributed by atoms with E-state index in [1.807, 2.05) is 24.3 Å². The Morgan fingerprint density at radius 3 is 2.63 bits per heavy atom. The van der Waals surface area contributed by atoms with Crippen molar-refractivity contribution in [2.75, 3.05) is 17.2 Å². The number of hydrogen-bond donors (Lipinski definition) is 2. The molecule has 0 saturated heterocycles. The first kappa shape index (κ1) is 20.0. The predicted octanol–water partition coefficient (Wildman–Crippen LogP) is 4.66. The molecular weight excluding hydrogens is 378 g/mol. The van der Waals surface area contributed by atoms with Gasteiger partial charge in [0.2, 0.25) is 5.91 Å². The molecule has 2 N–H and O–H groups in total. The minimum atomic E-state index is -0.233. The summed E-state index contributed by atoms with van der Waals surface area (Å²) >= 11 is 0. The lowest BCUT2D eigenvalue weighted by Crippen LogP contribution is -2.20. The van der Waals surface area contributed by atoms with Crippen LogP contribution in [0.25, 0.3) is 10.9 Å². The van der Waals surface area contributed by atoms with E-state index in [1.165, 1.54) is 0 Å². The number of carbonyl (C=O) groups excluding carboxylic acids is 2. The average molecular weight is 405 g/mol. The molecule has 1 aliphatic carbocycles. The van der Waals surface area contributed by atoms with Crippen molar-refractivity contribution in [2.24, 2.45) is 11.8 Å². The predicted molar refractivity (Wildman–Crippen MR) is 119 cm³/mol. The molecule has 1 saturated carbocycles. The van der Waals surface area contributed by atoms with E-state index in [2.05, 4.69) is 41.3 Å². The maximum atomic E-state index is 12.3. The number of hydrogen-bond acceptors (Lipinski definition) is 3. The van der Waals surface area contributed by atoms with Crippen molar-refractivity contribution < 1.29 is 14.3 Å². The van der Waals surface area contributed by atoms with E-state index in [-0.39, 0.29) is 24.3 Å². The molecule has 0 spiro atoms. The molecule has 3 aromatic rings. The smallest absolute Gasteiger partial charge is 0.262 e. The van der Waals surface area contributed by atoms with Gasteiger partial charge in [0.05, 0.1) is 0 Å². The van der Waals surface area contributed by atoms with Gasteiger partial charge in [-0.1, -0.05) is 19.9 Å². The Morgan fingerprint density at radius 2 is 1.87 bits per heavy atom. The third-order valence-electron chi connectivity index (χ3n) is 5.04. The Balaban J connectivity index is 1.33. The SMILES string of the molecule is CC(C)Cn1ccc2cc(NC(=O)COc3cccc(NC(=O)C4CC4)c3)ccc21. The van der Waals surface area contributed by atoms with Crippen LogP contribution in [-0.4, -0.2) is 23.0 Å². The molecule has 2 amide bonds. The molecule has 1 heterocycles. The molecule has 0 radical (unpaired) electrons. The lowest BCUT2D eigenvalue weighted by atomic mass is 10.2. The van der Waals surface area contributed by atoms with Gasteiger partial charge < -0.3 is 19.9 Å². The van der Waals surface area contributed by atoms with Crippen LogP contribution in [-0.2, 0) is 16.1 Å². The molecule has 30 heavy (non-hydrogen) atoms. The van der Waals surface area contributed by atoms with Crippen molar-refractivity contribution in [3.8, 4) is 5.75 Å². The van der Waals surface area contributed by atoms with E-state index in [9.17, 15) is 9.59 Å². The fourth-order valence-electron chi connectivity index (χ4n) is 3.43. The van der Waals surface area contributed by atoms with Crippen LogP contribution in [0.2, 0.25) is 0 Å². The highest BCUT2D eigenvalue weighted by molar-refractivity contribution is 5.95. The number of nitrogens with one attached hydrogen (secondary N) is 2. The summed E-state index contributed by atoms with van der Waals surface area (Å²) in [5.41, 5.74) is 2.58. The third-order valence-corrected chi connectivity index (χ3v) is 5.04. The molecular formula is C24H27N3O3. The first-order valence-corrected chi connectivity index (χ1v) is 10.4. The maximum absolute atomic E-state index is 12.3.